The molecule has 2 aliphatic rings. The number of benzene rings is 1. The van der Waals surface area contributed by atoms with E-state index in [4.69, 9.17) is 9.47 Å². The summed E-state index contributed by atoms with van der Waals surface area (Å²) < 4.78 is 11.5. The molecule has 0 unspecified atom stereocenters. The molecule has 2 fully saturated rings. The highest BCUT2D eigenvalue weighted by Gasteiger charge is 2.35. The van der Waals surface area contributed by atoms with Crippen LogP contribution in [-0.4, -0.2) is 24.7 Å². The Balaban J connectivity index is 1.53. The van der Waals surface area contributed by atoms with Gasteiger partial charge in [-0.25, -0.2) is 0 Å². The van der Waals surface area contributed by atoms with Crippen LogP contribution in [0.5, 0.6) is 0 Å². The van der Waals surface area contributed by atoms with E-state index in [1.165, 1.54) is 18.4 Å². The maximum atomic E-state index is 11.8. The number of hydrogen-bond acceptors (Lipinski definition) is 4. The van der Waals surface area contributed by atoms with E-state index in [1.807, 2.05) is 13.8 Å². The van der Waals surface area contributed by atoms with Crippen LogP contribution in [0.3, 0.4) is 0 Å². The van der Waals surface area contributed by atoms with Gasteiger partial charge in [-0.15, -0.1) is 0 Å². The molecule has 0 bridgehead atoms. The quantitative estimate of drug-likeness (QED) is 0.332. The number of carbonyl (C=O) groups is 1. The van der Waals surface area contributed by atoms with Gasteiger partial charge < -0.3 is 14.8 Å². The van der Waals surface area contributed by atoms with E-state index in [-0.39, 0.29) is 18.0 Å². The highest BCUT2D eigenvalue weighted by atomic mass is 16.5. The Hall–Kier alpha value is -2.07. The molecule has 2 saturated carbocycles. The largest absolute Gasteiger partial charge is 0.490 e. The average molecular weight is 454 g/mol. The highest BCUT2D eigenvalue weighted by Crippen LogP contribution is 2.39. The first kappa shape index (κ1) is 25.6. The van der Waals surface area contributed by atoms with Gasteiger partial charge in [0.05, 0.1) is 18.6 Å². The van der Waals surface area contributed by atoms with Gasteiger partial charge in [0.2, 0.25) is 0 Å². The fourth-order valence-corrected chi connectivity index (χ4v) is 5.10. The maximum absolute atomic E-state index is 11.8. The number of ether oxygens (including phenoxy) is 2. The van der Waals surface area contributed by atoms with Gasteiger partial charge in [-0.3, -0.25) is 4.79 Å². The van der Waals surface area contributed by atoms with Gasteiger partial charge in [-0.05, 0) is 80.9 Å². The van der Waals surface area contributed by atoms with E-state index in [0.717, 1.165) is 55.0 Å². The van der Waals surface area contributed by atoms with E-state index in [9.17, 15) is 4.79 Å². The molecule has 0 radical (unpaired) electrons. The van der Waals surface area contributed by atoms with E-state index < -0.39 is 0 Å². The van der Waals surface area contributed by atoms with Gasteiger partial charge in [-0.2, -0.15) is 0 Å². The van der Waals surface area contributed by atoms with Gasteiger partial charge in [0.15, 0.2) is 0 Å². The molecule has 2 aliphatic carbocycles. The van der Waals surface area contributed by atoms with E-state index in [0.29, 0.717) is 18.1 Å². The first-order valence-corrected chi connectivity index (χ1v) is 12.7. The average Bonchev–Trinajstić information content (AvgIpc) is 2.73. The van der Waals surface area contributed by atoms with Crippen molar-refractivity contribution in [2.75, 3.05) is 6.61 Å². The molecule has 3 rings (SSSR count). The molecule has 1 aromatic carbocycles. The van der Waals surface area contributed by atoms with Crippen LogP contribution >= 0.6 is 0 Å². The number of allylic oxidation sites excluding steroid dienone is 1. The Kier molecular flexibility index (Phi) is 8.81. The highest BCUT2D eigenvalue weighted by molar-refractivity contribution is 5.73. The second-order valence-electron chi connectivity index (χ2n) is 10.8. The lowest BCUT2D eigenvalue weighted by Crippen LogP contribution is -2.44. The summed E-state index contributed by atoms with van der Waals surface area (Å²) in [6, 6.07) is 6.89. The molecule has 1 aromatic rings. The topological polar surface area (TPSA) is 47.6 Å². The normalized spacial score (nSPS) is 25.5. The summed E-state index contributed by atoms with van der Waals surface area (Å²) in [5.74, 6) is 1.56. The number of carbonyl (C=O) groups excluding carboxylic acids is 1. The fourth-order valence-electron chi connectivity index (χ4n) is 5.10. The predicted molar refractivity (Wildman–Crippen MR) is 136 cm³/mol. The van der Waals surface area contributed by atoms with Crippen molar-refractivity contribution in [3.8, 4) is 0 Å². The van der Waals surface area contributed by atoms with Crippen molar-refractivity contribution in [3.05, 3.63) is 47.5 Å². The summed E-state index contributed by atoms with van der Waals surface area (Å²) in [7, 11) is 0. The van der Waals surface area contributed by atoms with Crippen molar-refractivity contribution in [2.45, 2.75) is 91.8 Å². The van der Waals surface area contributed by atoms with Gasteiger partial charge in [0.25, 0.3) is 0 Å². The zero-order valence-corrected chi connectivity index (χ0v) is 21.3. The molecule has 0 atom stereocenters. The molecule has 0 spiro atoms. The van der Waals surface area contributed by atoms with Gasteiger partial charge in [-0.1, -0.05) is 51.6 Å². The zero-order chi connectivity index (χ0) is 24.0. The van der Waals surface area contributed by atoms with Crippen LogP contribution in [0.25, 0.3) is 11.8 Å². The standard InChI is InChI=1S/C29H43NO3/c1-7-9-22-16-21(19-30-25-17-23(18-25)28(31)32-8-2)10-15-27(22)20(3)33-26-13-11-24(12-14-26)29(4,5)6/h7,9-10,15-16,23-26,30H,3,8,11-14,17-19H2,1-2,4-6H3/b9-7-. The van der Waals surface area contributed by atoms with Crippen LogP contribution < -0.4 is 5.32 Å². The molecule has 4 nitrogen and oxygen atoms in total. The Labute approximate surface area is 200 Å². The molecular weight excluding hydrogens is 410 g/mol. The van der Waals surface area contributed by atoms with Gasteiger partial charge >= 0.3 is 5.97 Å². The Morgan fingerprint density at radius 1 is 1.18 bits per heavy atom. The molecule has 0 saturated heterocycles. The molecular formula is C29H43NO3. The summed E-state index contributed by atoms with van der Waals surface area (Å²) in [5.41, 5.74) is 3.82. The van der Waals surface area contributed by atoms with Crippen LogP contribution in [0.2, 0.25) is 0 Å². The Morgan fingerprint density at radius 2 is 1.88 bits per heavy atom. The predicted octanol–water partition coefficient (Wildman–Crippen LogP) is 6.74. The third kappa shape index (κ3) is 6.96. The van der Waals surface area contributed by atoms with Crippen molar-refractivity contribution in [1.29, 1.82) is 0 Å². The summed E-state index contributed by atoms with van der Waals surface area (Å²) in [4.78, 5) is 11.8. The summed E-state index contributed by atoms with van der Waals surface area (Å²) in [6.07, 6.45) is 10.9. The van der Waals surface area contributed by atoms with Crippen molar-refractivity contribution >= 4 is 17.8 Å². The van der Waals surface area contributed by atoms with Crippen LogP contribution in [0, 0.1) is 17.3 Å². The van der Waals surface area contributed by atoms with Crippen LogP contribution in [-0.2, 0) is 20.8 Å². The Bertz CT molecular complexity index is 837. The summed E-state index contributed by atoms with van der Waals surface area (Å²) >= 11 is 0. The van der Waals surface area contributed by atoms with Crippen molar-refractivity contribution in [3.63, 3.8) is 0 Å². The molecule has 0 aromatic heterocycles. The fraction of sp³-hybridized carbons (Fsp3) is 0.621. The second kappa shape index (κ2) is 11.4. The zero-order valence-electron chi connectivity index (χ0n) is 21.3. The maximum Gasteiger partial charge on any atom is 0.309 e. The van der Waals surface area contributed by atoms with Gasteiger partial charge in [0, 0.05) is 18.2 Å². The van der Waals surface area contributed by atoms with Crippen molar-refractivity contribution in [1.82, 2.24) is 5.32 Å². The summed E-state index contributed by atoms with van der Waals surface area (Å²) in [6.45, 7) is 16.5. The lowest BCUT2D eigenvalue weighted by molar-refractivity contribution is -0.151. The minimum atomic E-state index is -0.0549. The number of esters is 1. The number of hydrogen-bond donors (Lipinski definition) is 1. The first-order chi connectivity index (χ1) is 15.7. The van der Waals surface area contributed by atoms with Crippen LogP contribution in [0.15, 0.2) is 30.9 Å². The number of nitrogens with one attached hydrogen (secondary N) is 1. The summed E-state index contributed by atoms with van der Waals surface area (Å²) in [5, 5.41) is 3.58. The van der Waals surface area contributed by atoms with E-state index >= 15 is 0 Å². The lowest BCUT2D eigenvalue weighted by Gasteiger charge is -2.37. The minimum Gasteiger partial charge on any atom is -0.490 e. The van der Waals surface area contributed by atoms with Crippen LogP contribution in [0.1, 0.15) is 89.8 Å². The van der Waals surface area contributed by atoms with Crippen molar-refractivity contribution < 1.29 is 14.3 Å². The molecule has 1 N–H and O–H groups in total. The third-order valence-corrected chi connectivity index (χ3v) is 7.32. The third-order valence-electron chi connectivity index (χ3n) is 7.32. The van der Waals surface area contributed by atoms with E-state index in [1.54, 1.807) is 0 Å². The molecule has 33 heavy (non-hydrogen) atoms. The molecule has 182 valence electrons. The second-order valence-corrected chi connectivity index (χ2v) is 10.8. The van der Waals surface area contributed by atoms with Crippen molar-refractivity contribution in [2.24, 2.45) is 17.3 Å². The molecule has 0 amide bonds. The smallest absolute Gasteiger partial charge is 0.309 e. The Morgan fingerprint density at radius 3 is 2.48 bits per heavy atom. The molecule has 0 heterocycles. The minimum absolute atomic E-state index is 0.0549. The van der Waals surface area contributed by atoms with Crippen LogP contribution in [0.4, 0.5) is 0 Å². The van der Waals surface area contributed by atoms with E-state index in [2.05, 4.69) is 63.0 Å². The number of rotatable bonds is 9. The van der Waals surface area contributed by atoms with Gasteiger partial charge in [0.1, 0.15) is 5.76 Å². The first-order valence-electron chi connectivity index (χ1n) is 12.7. The SMILES string of the molecule is C=C(OC1CCC(C(C)(C)C)CC1)c1ccc(CNC2CC(C(=O)OCC)C2)cc1/C=C\C. The monoisotopic (exact) mass is 453 g/mol. The molecule has 0 aliphatic heterocycles. The molecule has 4 heteroatoms. The lowest BCUT2D eigenvalue weighted by atomic mass is 9.72.